The quantitative estimate of drug-likeness (QED) is 0.624. The Kier molecular flexibility index (Phi) is 5.94. The molecule has 0 bridgehead atoms. The summed E-state index contributed by atoms with van der Waals surface area (Å²) in [6.45, 7) is 3.96. The van der Waals surface area contributed by atoms with E-state index in [4.69, 9.17) is 4.74 Å². The zero-order valence-electron chi connectivity index (χ0n) is 12.2. The molecular weight excluding hydrogens is 360 g/mol. The molecule has 6 heteroatoms. The summed E-state index contributed by atoms with van der Waals surface area (Å²) in [7, 11) is 0. The lowest BCUT2D eigenvalue weighted by Gasteiger charge is -2.09. The van der Waals surface area contributed by atoms with Crippen molar-refractivity contribution in [3.63, 3.8) is 0 Å². The van der Waals surface area contributed by atoms with Crippen molar-refractivity contribution in [3.8, 4) is 5.75 Å². The van der Waals surface area contributed by atoms with E-state index in [1.54, 1.807) is 54.6 Å². The fraction of sp³-hybridized carbons (Fsp3) is 0.0588. The van der Waals surface area contributed by atoms with Crippen LogP contribution in [-0.2, 0) is 0 Å². The van der Waals surface area contributed by atoms with Gasteiger partial charge in [0, 0.05) is 10.0 Å². The summed E-state index contributed by atoms with van der Waals surface area (Å²) < 4.78 is 5.98. The summed E-state index contributed by atoms with van der Waals surface area (Å²) in [5.41, 5.74) is 5.58. The highest BCUT2D eigenvalue weighted by atomic mass is 79.9. The molecule has 2 amide bonds. The lowest BCUT2D eigenvalue weighted by Crippen LogP contribution is -2.41. The molecule has 2 N–H and O–H groups in total. The molecule has 0 aliphatic rings. The number of hydrazine groups is 1. The van der Waals surface area contributed by atoms with Crippen LogP contribution < -0.4 is 15.6 Å². The highest BCUT2D eigenvalue weighted by molar-refractivity contribution is 9.10. The summed E-state index contributed by atoms with van der Waals surface area (Å²) in [5.74, 6) is -0.184. The molecule has 0 aliphatic carbocycles. The summed E-state index contributed by atoms with van der Waals surface area (Å²) in [4.78, 5) is 24.0. The summed E-state index contributed by atoms with van der Waals surface area (Å²) in [6, 6.07) is 13.5. The van der Waals surface area contributed by atoms with Crippen LogP contribution in [0.1, 0.15) is 20.7 Å². The molecule has 0 aliphatic heterocycles. The molecule has 0 atom stereocenters. The fourth-order valence-electron chi connectivity index (χ4n) is 1.76. The van der Waals surface area contributed by atoms with Gasteiger partial charge in [0.05, 0.1) is 5.56 Å². The molecule has 0 fully saturated rings. The van der Waals surface area contributed by atoms with E-state index in [2.05, 4.69) is 33.4 Å². The second kappa shape index (κ2) is 8.14. The number of halogens is 1. The first-order valence-corrected chi connectivity index (χ1v) is 7.60. The van der Waals surface area contributed by atoms with Gasteiger partial charge in [-0.2, -0.15) is 0 Å². The molecule has 2 aromatic rings. The Hall–Kier alpha value is -2.60. The van der Waals surface area contributed by atoms with Crippen LogP contribution in [0, 0.1) is 0 Å². The minimum absolute atomic E-state index is 0.396. The molecule has 5 nitrogen and oxygen atoms in total. The highest BCUT2D eigenvalue weighted by Crippen LogP contribution is 2.15. The average Bonchev–Trinajstić information content (AvgIpc) is 2.58. The molecule has 2 aromatic carbocycles. The van der Waals surface area contributed by atoms with Gasteiger partial charge in [-0.3, -0.25) is 20.4 Å². The highest BCUT2D eigenvalue weighted by Gasteiger charge is 2.11. The molecule has 0 saturated carbocycles. The molecule has 0 saturated heterocycles. The molecule has 0 spiro atoms. The van der Waals surface area contributed by atoms with E-state index in [0.717, 1.165) is 0 Å². The lowest BCUT2D eigenvalue weighted by molar-refractivity contribution is 0.0846. The van der Waals surface area contributed by atoms with E-state index in [-0.39, 0.29) is 0 Å². The van der Waals surface area contributed by atoms with Crippen LogP contribution in [0.2, 0.25) is 0 Å². The second-order valence-electron chi connectivity index (χ2n) is 4.51. The number of amides is 2. The third-order valence-electron chi connectivity index (χ3n) is 2.89. The van der Waals surface area contributed by atoms with E-state index in [9.17, 15) is 9.59 Å². The van der Waals surface area contributed by atoms with Gasteiger partial charge in [-0.05, 0) is 52.3 Å². The van der Waals surface area contributed by atoms with E-state index in [0.29, 0.717) is 28.0 Å². The SMILES string of the molecule is C=CCOc1ccc(C(=O)NNC(=O)c2ccccc2Br)cc1. The van der Waals surface area contributed by atoms with Gasteiger partial charge < -0.3 is 4.74 Å². The van der Waals surface area contributed by atoms with Crippen LogP contribution in [0.15, 0.2) is 65.7 Å². The number of carbonyl (C=O) groups is 2. The molecule has 2 rings (SSSR count). The van der Waals surface area contributed by atoms with Crippen LogP contribution in [0.25, 0.3) is 0 Å². The molecule has 118 valence electrons. The number of rotatable bonds is 5. The number of nitrogens with one attached hydrogen (secondary N) is 2. The zero-order chi connectivity index (χ0) is 16.7. The molecule has 0 unspecified atom stereocenters. The summed E-state index contributed by atoms with van der Waals surface area (Å²) >= 11 is 3.28. The van der Waals surface area contributed by atoms with Gasteiger partial charge in [0.2, 0.25) is 0 Å². The largest absolute Gasteiger partial charge is 0.490 e. The van der Waals surface area contributed by atoms with Crippen LogP contribution in [0.4, 0.5) is 0 Å². The maximum absolute atomic E-state index is 12.0. The number of benzene rings is 2. The Morgan fingerprint density at radius 3 is 2.35 bits per heavy atom. The first-order chi connectivity index (χ1) is 11.1. The Balaban J connectivity index is 1.93. The minimum atomic E-state index is -0.416. The molecule has 23 heavy (non-hydrogen) atoms. The Bertz CT molecular complexity index is 714. The van der Waals surface area contributed by atoms with Gasteiger partial charge in [-0.1, -0.05) is 24.8 Å². The van der Waals surface area contributed by atoms with Gasteiger partial charge >= 0.3 is 0 Å². The predicted molar refractivity (Wildman–Crippen MR) is 91.2 cm³/mol. The second-order valence-corrected chi connectivity index (χ2v) is 5.37. The van der Waals surface area contributed by atoms with Gasteiger partial charge in [0.1, 0.15) is 12.4 Å². The van der Waals surface area contributed by atoms with Crippen molar-refractivity contribution >= 4 is 27.7 Å². The summed E-state index contributed by atoms with van der Waals surface area (Å²) in [5, 5.41) is 0. The van der Waals surface area contributed by atoms with Crippen LogP contribution in [-0.4, -0.2) is 18.4 Å². The number of carbonyl (C=O) groups excluding carboxylic acids is 2. The van der Waals surface area contributed by atoms with Gasteiger partial charge in [0.25, 0.3) is 11.8 Å². The number of hydrogen-bond acceptors (Lipinski definition) is 3. The fourth-order valence-corrected chi connectivity index (χ4v) is 2.22. The smallest absolute Gasteiger partial charge is 0.270 e. The maximum Gasteiger partial charge on any atom is 0.270 e. The van der Waals surface area contributed by atoms with Crippen molar-refractivity contribution < 1.29 is 14.3 Å². The van der Waals surface area contributed by atoms with Crippen LogP contribution in [0.3, 0.4) is 0 Å². The van der Waals surface area contributed by atoms with E-state index in [1.165, 1.54) is 0 Å². The third-order valence-corrected chi connectivity index (χ3v) is 3.58. The first-order valence-electron chi connectivity index (χ1n) is 6.81. The molecule has 0 aromatic heterocycles. The monoisotopic (exact) mass is 374 g/mol. The van der Waals surface area contributed by atoms with Crippen molar-refractivity contribution in [1.29, 1.82) is 0 Å². The van der Waals surface area contributed by atoms with Crippen molar-refractivity contribution in [3.05, 3.63) is 76.8 Å². The van der Waals surface area contributed by atoms with Crippen molar-refractivity contribution in [2.45, 2.75) is 0 Å². The van der Waals surface area contributed by atoms with Crippen molar-refractivity contribution in [2.75, 3.05) is 6.61 Å². The average molecular weight is 375 g/mol. The van der Waals surface area contributed by atoms with Crippen LogP contribution >= 0.6 is 15.9 Å². The topological polar surface area (TPSA) is 67.4 Å². The van der Waals surface area contributed by atoms with Gasteiger partial charge in [0.15, 0.2) is 0 Å². The Morgan fingerprint density at radius 2 is 1.70 bits per heavy atom. The number of hydrogen-bond donors (Lipinski definition) is 2. The Labute approximate surface area is 142 Å². The zero-order valence-corrected chi connectivity index (χ0v) is 13.8. The lowest BCUT2D eigenvalue weighted by atomic mass is 10.2. The van der Waals surface area contributed by atoms with Gasteiger partial charge in [-0.15, -0.1) is 0 Å². The van der Waals surface area contributed by atoms with Crippen molar-refractivity contribution in [1.82, 2.24) is 10.9 Å². The predicted octanol–water partition coefficient (Wildman–Crippen LogP) is 3.09. The van der Waals surface area contributed by atoms with E-state index in [1.807, 2.05) is 0 Å². The maximum atomic E-state index is 12.0. The molecular formula is C17H15BrN2O3. The Morgan fingerprint density at radius 1 is 1.04 bits per heavy atom. The molecule has 0 radical (unpaired) electrons. The minimum Gasteiger partial charge on any atom is -0.490 e. The third kappa shape index (κ3) is 4.69. The molecule has 0 heterocycles. The van der Waals surface area contributed by atoms with Crippen LogP contribution in [0.5, 0.6) is 5.75 Å². The van der Waals surface area contributed by atoms with E-state index < -0.39 is 11.8 Å². The normalized spacial score (nSPS) is 9.78. The summed E-state index contributed by atoms with van der Waals surface area (Å²) in [6.07, 6.45) is 1.64. The van der Waals surface area contributed by atoms with Crippen molar-refractivity contribution in [2.24, 2.45) is 0 Å². The van der Waals surface area contributed by atoms with E-state index >= 15 is 0 Å². The van der Waals surface area contributed by atoms with Gasteiger partial charge in [-0.25, -0.2) is 0 Å². The standard InChI is InChI=1S/C17H15BrN2O3/c1-2-11-23-13-9-7-12(8-10-13)16(21)19-20-17(22)14-5-3-4-6-15(14)18/h2-10H,1,11H2,(H,19,21)(H,20,22). The first kappa shape index (κ1) is 16.8. The number of ether oxygens (including phenoxy) is 1.